The molecule has 0 aromatic carbocycles. The third-order valence-electron chi connectivity index (χ3n) is 11.9. The topological polar surface area (TPSA) is 108 Å². The fraction of sp³-hybridized carbons (Fsp3) is 0.938. The van der Waals surface area contributed by atoms with Crippen LogP contribution < -0.4 is 10.8 Å². The molecule has 0 bridgehead atoms. The van der Waals surface area contributed by atoms with Gasteiger partial charge in [-0.15, -0.1) is 0 Å². The zero-order valence-electron chi connectivity index (χ0n) is 25.4. The number of nitrogens with one attached hydrogen (secondary N) is 1. The molecule has 0 amide bonds. The Bertz CT molecular complexity index is 824. The van der Waals surface area contributed by atoms with Gasteiger partial charge in [-0.2, -0.15) is 0 Å². The molecular weight excluding hydrogens is 507 g/mol. The Morgan fingerprint density at radius 1 is 1.10 bits per heavy atom. The molecule has 6 N–H and O–H groups in total. The van der Waals surface area contributed by atoms with Crippen LogP contribution >= 0.6 is 8.53 Å². The number of hydrogen-bond donors (Lipinski definition) is 5. The predicted octanol–water partition coefficient (Wildman–Crippen LogP) is 6.29. The molecule has 11 atom stereocenters. The minimum absolute atomic E-state index is 0.119. The maximum atomic E-state index is 9.53. The Balaban J connectivity index is 0.000000379. The second-order valence-corrected chi connectivity index (χ2v) is 15.6. The van der Waals surface area contributed by atoms with Crippen LogP contribution in [0.1, 0.15) is 112 Å². The normalized spacial score (nSPS) is 43.0. The summed E-state index contributed by atoms with van der Waals surface area (Å²) in [7, 11) is -1.74. The second-order valence-electron chi connectivity index (χ2n) is 14.7. The standard InChI is InChI=1S/C27H48NO2P.C5H11NO2/c1-18(2)7-6-8-19(3)23-11-12-24-22-10-9-20-17-21(30-31(28)29)13-15-26(20,4)25(22)14-16-27(23,24)5;7-3-4-1-5(8)2-6-4/h9,18-19,21-25,29H,6-8,10-17,28H2,1-5H3;4-8H,1-3H2/t19-,21+,22+,23-,24+,25+,26+,27-,31?;4-,5+/m10/s1. The van der Waals surface area contributed by atoms with Crippen molar-refractivity contribution in [1.82, 2.24) is 5.32 Å². The van der Waals surface area contributed by atoms with Gasteiger partial charge < -0.3 is 24.9 Å². The summed E-state index contributed by atoms with van der Waals surface area (Å²) < 4.78 is 5.65. The molecule has 5 aliphatic rings. The van der Waals surface area contributed by atoms with E-state index in [0.717, 1.165) is 48.3 Å². The van der Waals surface area contributed by atoms with Crippen molar-refractivity contribution in [3.63, 3.8) is 0 Å². The average Bonchev–Trinajstić information content (AvgIpc) is 3.46. The van der Waals surface area contributed by atoms with Crippen molar-refractivity contribution in [3.8, 4) is 0 Å². The number of aliphatic hydroxyl groups is 2. The Hall–Kier alpha value is -0.0700. The summed E-state index contributed by atoms with van der Waals surface area (Å²) in [4.78, 5) is 9.53. The van der Waals surface area contributed by atoms with Crippen LogP contribution in [0.5, 0.6) is 0 Å². The fourth-order valence-electron chi connectivity index (χ4n) is 9.83. The highest BCUT2D eigenvalue weighted by Gasteiger charge is 2.59. The lowest BCUT2D eigenvalue weighted by Gasteiger charge is -2.58. The van der Waals surface area contributed by atoms with Crippen LogP contribution in [0, 0.1) is 46.3 Å². The van der Waals surface area contributed by atoms with Crippen molar-refractivity contribution in [3.05, 3.63) is 11.6 Å². The van der Waals surface area contributed by atoms with Crippen LogP contribution in [0.4, 0.5) is 0 Å². The SMILES string of the molecule is CC(C)CCC[C@@H](C)[C@H]1CC[C@H]2[C@@H]3CC=C4C[C@@H](OP(N)O)CC[C@]4(C)[C@H]3CC[C@]12C.OC[C@@H]1C[C@@H](O)CN1. The van der Waals surface area contributed by atoms with E-state index < -0.39 is 8.53 Å². The quantitative estimate of drug-likeness (QED) is 0.175. The van der Waals surface area contributed by atoms with Gasteiger partial charge >= 0.3 is 0 Å². The number of hydrogen-bond acceptors (Lipinski definition) is 6. The Labute approximate surface area is 239 Å². The van der Waals surface area contributed by atoms with E-state index in [9.17, 15) is 4.89 Å². The van der Waals surface area contributed by atoms with Crippen molar-refractivity contribution >= 4 is 8.53 Å². The zero-order chi connectivity index (χ0) is 28.4. The highest BCUT2D eigenvalue weighted by Crippen LogP contribution is 2.67. The summed E-state index contributed by atoms with van der Waals surface area (Å²) in [6.45, 7) is 13.3. The Morgan fingerprint density at radius 3 is 2.49 bits per heavy atom. The number of β-amino-alcohol motifs (C(OH)–C–C–N with tert-alkyl or cyclic N) is 1. The van der Waals surface area contributed by atoms with Crippen molar-refractivity contribution in [1.29, 1.82) is 0 Å². The predicted molar refractivity (Wildman–Crippen MR) is 161 cm³/mol. The van der Waals surface area contributed by atoms with Crippen molar-refractivity contribution in [2.24, 2.45) is 51.8 Å². The van der Waals surface area contributed by atoms with Crippen LogP contribution in [0.15, 0.2) is 11.6 Å². The van der Waals surface area contributed by atoms with Gasteiger partial charge in [0.25, 0.3) is 0 Å². The van der Waals surface area contributed by atoms with E-state index in [4.69, 9.17) is 20.2 Å². The first-order chi connectivity index (χ1) is 18.5. The number of allylic oxidation sites excluding steroid dienone is 1. The van der Waals surface area contributed by atoms with Crippen LogP contribution in [-0.4, -0.2) is 46.5 Å². The molecule has 3 saturated carbocycles. The molecule has 0 spiro atoms. The summed E-state index contributed by atoms with van der Waals surface area (Å²) in [6, 6.07) is 0.130. The Morgan fingerprint density at radius 2 is 1.87 bits per heavy atom. The van der Waals surface area contributed by atoms with E-state index in [1.165, 1.54) is 57.8 Å². The highest BCUT2D eigenvalue weighted by atomic mass is 31.2. The first-order valence-corrected chi connectivity index (χ1v) is 17.4. The number of aliphatic hydroxyl groups excluding tert-OH is 2. The molecule has 0 aromatic heterocycles. The maximum Gasteiger partial charge on any atom is 0.250 e. The van der Waals surface area contributed by atoms with Gasteiger partial charge in [0.1, 0.15) is 0 Å². The van der Waals surface area contributed by atoms with Gasteiger partial charge in [-0.25, -0.2) is 0 Å². The molecule has 4 fully saturated rings. The summed E-state index contributed by atoms with van der Waals surface area (Å²) in [5.74, 6) is 5.29. The first kappa shape index (κ1) is 31.9. The van der Waals surface area contributed by atoms with E-state index in [2.05, 4.69) is 46.0 Å². The van der Waals surface area contributed by atoms with Gasteiger partial charge in [-0.1, -0.05) is 65.5 Å². The number of nitrogens with two attached hydrogens (primary N) is 1. The monoisotopic (exact) mass is 566 g/mol. The van der Waals surface area contributed by atoms with Crippen molar-refractivity contribution in [2.45, 2.75) is 130 Å². The van der Waals surface area contributed by atoms with E-state index in [-0.39, 0.29) is 24.9 Å². The van der Waals surface area contributed by atoms with Gasteiger partial charge in [0.2, 0.25) is 8.53 Å². The molecule has 1 aliphatic heterocycles. The summed E-state index contributed by atoms with van der Waals surface area (Å²) in [5.41, 5.74) is 8.08. The number of rotatable bonds is 8. The van der Waals surface area contributed by atoms with E-state index in [1.54, 1.807) is 5.57 Å². The molecule has 39 heavy (non-hydrogen) atoms. The van der Waals surface area contributed by atoms with Crippen LogP contribution in [0.3, 0.4) is 0 Å². The highest BCUT2D eigenvalue weighted by molar-refractivity contribution is 7.43. The molecule has 1 saturated heterocycles. The van der Waals surface area contributed by atoms with Gasteiger partial charge in [0, 0.05) is 12.6 Å². The molecule has 1 heterocycles. The molecule has 1 unspecified atom stereocenters. The van der Waals surface area contributed by atoms with Crippen molar-refractivity contribution in [2.75, 3.05) is 13.2 Å². The largest absolute Gasteiger partial charge is 0.395 e. The average molecular weight is 567 g/mol. The molecule has 0 aromatic rings. The lowest BCUT2D eigenvalue weighted by atomic mass is 9.47. The molecule has 4 aliphatic carbocycles. The third-order valence-corrected chi connectivity index (χ3v) is 12.5. The molecule has 226 valence electrons. The van der Waals surface area contributed by atoms with Crippen LogP contribution in [-0.2, 0) is 4.52 Å². The van der Waals surface area contributed by atoms with Crippen LogP contribution in [0.2, 0.25) is 0 Å². The second kappa shape index (κ2) is 13.5. The van der Waals surface area contributed by atoms with E-state index in [0.29, 0.717) is 23.8 Å². The summed E-state index contributed by atoms with van der Waals surface area (Å²) >= 11 is 0. The van der Waals surface area contributed by atoms with Crippen molar-refractivity contribution < 1.29 is 19.6 Å². The molecule has 7 heteroatoms. The molecular formula is C32H59N2O4P. The zero-order valence-corrected chi connectivity index (χ0v) is 26.3. The minimum Gasteiger partial charge on any atom is -0.395 e. The number of fused-ring (bicyclic) bond motifs is 5. The molecule has 6 nitrogen and oxygen atoms in total. The fourth-order valence-corrected chi connectivity index (χ4v) is 10.3. The summed E-state index contributed by atoms with van der Waals surface area (Å²) in [6.07, 6.45) is 17.7. The molecule has 5 rings (SSSR count). The van der Waals surface area contributed by atoms with Gasteiger partial charge in [-0.05, 0) is 104 Å². The van der Waals surface area contributed by atoms with Gasteiger partial charge in [0.15, 0.2) is 0 Å². The molecule has 0 radical (unpaired) electrons. The smallest absolute Gasteiger partial charge is 0.250 e. The van der Waals surface area contributed by atoms with Gasteiger partial charge in [0.05, 0.1) is 18.8 Å². The summed E-state index contributed by atoms with van der Waals surface area (Å²) in [5, 5.41) is 20.3. The lowest BCUT2D eigenvalue weighted by molar-refractivity contribution is -0.0558. The van der Waals surface area contributed by atoms with E-state index in [1.807, 2.05) is 0 Å². The lowest BCUT2D eigenvalue weighted by Crippen LogP contribution is -2.51. The van der Waals surface area contributed by atoms with E-state index >= 15 is 0 Å². The maximum absolute atomic E-state index is 9.53. The minimum atomic E-state index is -1.74. The van der Waals surface area contributed by atoms with Crippen LogP contribution in [0.25, 0.3) is 0 Å². The first-order valence-electron chi connectivity index (χ1n) is 16.1. The van der Waals surface area contributed by atoms with Gasteiger partial charge in [-0.3, -0.25) is 5.50 Å². The Kier molecular flexibility index (Phi) is 11.0. The third kappa shape index (κ3) is 7.12.